The normalized spacial score (nSPS) is 11.1. The number of aryl methyl sites for hydroxylation is 1. The molecule has 0 spiro atoms. The van der Waals surface area contributed by atoms with Crippen molar-refractivity contribution in [2.75, 3.05) is 0 Å². The van der Waals surface area contributed by atoms with Crippen LogP contribution in [0.1, 0.15) is 43.8 Å². The van der Waals surface area contributed by atoms with Crippen LogP contribution in [0.3, 0.4) is 0 Å². The van der Waals surface area contributed by atoms with Crippen molar-refractivity contribution in [3.8, 4) is 0 Å². The highest BCUT2D eigenvalue weighted by atomic mass is 15.1. The Morgan fingerprint density at radius 1 is 1.24 bits per heavy atom. The Balaban J connectivity index is 2.26. The average Bonchev–Trinajstić information content (AvgIpc) is 2.74. The monoisotopic (exact) mass is 229 g/mol. The molecule has 0 atom stereocenters. The number of pyridine rings is 1. The van der Waals surface area contributed by atoms with Gasteiger partial charge in [0, 0.05) is 31.6 Å². The van der Waals surface area contributed by atoms with Crippen LogP contribution in [-0.2, 0) is 13.0 Å². The third-order valence-electron chi connectivity index (χ3n) is 2.89. The Bertz CT molecular complexity index is 471. The van der Waals surface area contributed by atoms with Crippen molar-refractivity contribution in [2.24, 2.45) is 0 Å². The van der Waals surface area contributed by atoms with Gasteiger partial charge >= 0.3 is 0 Å². The van der Waals surface area contributed by atoms with Gasteiger partial charge in [-0.15, -0.1) is 0 Å². The highest BCUT2D eigenvalue weighted by Gasteiger charge is 2.09. The Hall–Kier alpha value is -1.64. The van der Waals surface area contributed by atoms with Gasteiger partial charge in [0.25, 0.3) is 0 Å². The van der Waals surface area contributed by atoms with E-state index in [0.717, 1.165) is 18.8 Å². The summed E-state index contributed by atoms with van der Waals surface area (Å²) in [6, 6.07) is 4.10. The molecule has 0 unspecified atom stereocenters. The minimum absolute atomic E-state index is 0.485. The zero-order valence-corrected chi connectivity index (χ0v) is 10.7. The Kier molecular flexibility index (Phi) is 3.57. The smallest absolute Gasteiger partial charge is 0.109 e. The molecule has 3 nitrogen and oxygen atoms in total. The maximum Gasteiger partial charge on any atom is 0.109 e. The van der Waals surface area contributed by atoms with Crippen molar-refractivity contribution < 1.29 is 0 Å². The predicted octanol–water partition coefficient (Wildman–Crippen LogP) is 3.01. The van der Waals surface area contributed by atoms with E-state index in [9.17, 15) is 0 Å². The van der Waals surface area contributed by atoms with E-state index < -0.39 is 0 Å². The van der Waals surface area contributed by atoms with Crippen molar-refractivity contribution in [3.05, 3.63) is 47.8 Å². The number of imidazole rings is 1. The quantitative estimate of drug-likeness (QED) is 0.807. The lowest BCUT2D eigenvalue weighted by Crippen LogP contribution is -2.03. The molecule has 0 aromatic carbocycles. The van der Waals surface area contributed by atoms with Crippen molar-refractivity contribution in [1.82, 2.24) is 14.5 Å². The van der Waals surface area contributed by atoms with Gasteiger partial charge in [0.2, 0.25) is 0 Å². The second-order valence-corrected chi connectivity index (χ2v) is 4.57. The molecule has 2 aromatic rings. The number of hydrogen-bond donors (Lipinski definition) is 0. The molecule has 0 N–H and O–H groups in total. The average molecular weight is 229 g/mol. The van der Waals surface area contributed by atoms with Gasteiger partial charge in [0.15, 0.2) is 0 Å². The van der Waals surface area contributed by atoms with Gasteiger partial charge in [-0.25, -0.2) is 4.98 Å². The molecule has 0 fully saturated rings. The topological polar surface area (TPSA) is 30.7 Å². The van der Waals surface area contributed by atoms with Crippen LogP contribution in [0.4, 0.5) is 0 Å². The first-order chi connectivity index (χ1) is 8.20. The highest BCUT2D eigenvalue weighted by molar-refractivity contribution is 5.14. The molecule has 17 heavy (non-hydrogen) atoms. The summed E-state index contributed by atoms with van der Waals surface area (Å²) in [6.07, 6.45) is 6.81. The Morgan fingerprint density at radius 2 is 1.94 bits per heavy atom. The van der Waals surface area contributed by atoms with Gasteiger partial charge in [-0.05, 0) is 23.6 Å². The van der Waals surface area contributed by atoms with Crippen LogP contribution in [0, 0.1) is 0 Å². The maximum atomic E-state index is 4.67. The van der Waals surface area contributed by atoms with Crippen LogP contribution in [-0.4, -0.2) is 14.5 Å². The molecule has 0 saturated carbocycles. The number of rotatable bonds is 4. The van der Waals surface area contributed by atoms with Gasteiger partial charge in [0.1, 0.15) is 5.82 Å². The van der Waals surface area contributed by atoms with Crippen molar-refractivity contribution in [2.45, 2.75) is 39.7 Å². The van der Waals surface area contributed by atoms with Crippen LogP contribution in [0.15, 0.2) is 30.7 Å². The summed E-state index contributed by atoms with van der Waals surface area (Å²) in [4.78, 5) is 8.71. The third-order valence-corrected chi connectivity index (χ3v) is 2.89. The van der Waals surface area contributed by atoms with Crippen molar-refractivity contribution in [1.29, 1.82) is 0 Å². The first kappa shape index (κ1) is 11.8. The fourth-order valence-corrected chi connectivity index (χ4v) is 1.86. The van der Waals surface area contributed by atoms with Gasteiger partial charge in [-0.1, -0.05) is 20.8 Å². The molecule has 90 valence electrons. The van der Waals surface area contributed by atoms with Gasteiger partial charge in [-0.2, -0.15) is 0 Å². The zero-order valence-electron chi connectivity index (χ0n) is 10.7. The summed E-state index contributed by atoms with van der Waals surface area (Å²) in [5.41, 5.74) is 2.44. The molecule has 2 aromatic heterocycles. The van der Waals surface area contributed by atoms with Gasteiger partial charge in [0.05, 0.1) is 5.69 Å². The molecular formula is C14H19N3. The van der Waals surface area contributed by atoms with Crippen LogP contribution in [0.5, 0.6) is 0 Å². The zero-order chi connectivity index (χ0) is 12.3. The molecule has 0 aliphatic heterocycles. The molecule has 0 saturated heterocycles. The van der Waals surface area contributed by atoms with Crippen LogP contribution >= 0.6 is 0 Å². The first-order valence-corrected chi connectivity index (χ1v) is 6.15. The first-order valence-electron chi connectivity index (χ1n) is 6.15. The minimum atomic E-state index is 0.485. The predicted molar refractivity (Wildman–Crippen MR) is 69.0 cm³/mol. The van der Waals surface area contributed by atoms with E-state index in [4.69, 9.17) is 0 Å². The van der Waals surface area contributed by atoms with Crippen LogP contribution in [0.25, 0.3) is 0 Å². The summed E-state index contributed by atoms with van der Waals surface area (Å²) in [5.74, 6) is 1.64. The van der Waals surface area contributed by atoms with Crippen LogP contribution < -0.4 is 0 Å². The van der Waals surface area contributed by atoms with Crippen molar-refractivity contribution >= 4 is 0 Å². The molecule has 2 heterocycles. The fourth-order valence-electron chi connectivity index (χ4n) is 1.86. The summed E-state index contributed by atoms with van der Waals surface area (Å²) in [5, 5.41) is 0. The fraction of sp³-hybridized carbons (Fsp3) is 0.429. The molecule has 0 amide bonds. The van der Waals surface area contributed by atoms with E-state index in [1.165, 1.54) is 11.3 Å². The lowest BCUT2D eigenvalue weighted by Gasteiger charge is -2.05. The van der Waals surface area contributed by atoms with Gasteiger partial charge < -0.3 is 4.57 Å². The van der Waals surface area contributed by atoms with E-state index in [-0.39, 0.29) is 0 Å². The molecule has 0 aliphatic rings. The molecule has 3 heteroatoms. The summed E-state index contributed by atoms with van der Waals surface area (Å²) >= 11 is 0. The van der Waals surface area contributed by atoms with Crippen molar-refractivity contribution in [3.63, 3.8) is 0 Å². The third kappa shape index (κ3) is 2.73. The van der Waals surface area contributed by atoms with E-state index in [0.29, 0.717) is 5.92 Å². The van der Waals surface area contributed by atoms with Crippen LogP contribution in [0.2, 0.25) is 0 Å². The Morgan fingerprint density at radius 3 is 2.53 bits per heavy atom. The lowest BCUT2D eigenvalue weighted by molar-refractivity contribution is 0.731. The maximum absolute atomic E-state index is 4.67. The number of nitrogens with zero attached hydrogens (tertiary/aromatic N) is 3. The molecule has 2 rings (SSSR count). The molecular weight excluding hydrogens is 210 g/mol. The Labute approximate surface area is 103 Å². The molecule has 0 bridgehead atoms. The van der Waals surface area contributed by atoms with E-state index in [1.807, 2.05) is 12.4 Å². The molecule has 0 aliphatic carbocycles. The second kappa shape index (κ2) is 5.13. The summed E-state index contributed by atoms with van der Waals surface area (Å²) in [6.45, 7) is 7.39. The number of aromatic nitrogens is 3. The largest absolute Gasteiger partial charge is 0.330 e. The SMILES string of the molecule is CCc1nc(C(C)C)cn1Cc1ccncc1. The summed E-state index contributed by atoms with van der Waals surface area (Å²) < 4.78 is 2.24. The summed E-state index contributed by atoms with van der Waals surface area (Å²) in [7, 11) is 0. The van der Waals surface area contributed by atoms with Gasteiger partial charge in [-0.3, -0.25) is 4.98 Å². The standard InChI is InChI=1S/C14H19N3/c1-4-14-16-13(11(2)3)10-17(14)9-12-5-7-15-8-6-12/h5-8,10-11H,4,9H2,1-3H3. The minimum Gasteiger partial charge on any atom is -0.330 e. The number of hydrogen-bond acceptors (Lipinski definition) is 2. The lowest BCUT2D eigenvalue weighted by atomic mass is 10.2. The van der Waals surface area contributed by atoms with E-state index >= 15 is 0 Å². The molecule has 0 radical (unpaired) electrons. The van der Waals surface area contributed by atoms with E-state index in [1.54, 1.807) is 0 Å². The van der Waals surface area contributed by atoms with E-state index in [2.05, 4.69) is 53.6 Å². The highest BCUT2D eigenvalue weighted by Crippen LogP contribution is 2.15. The second-order valence-electron chi connectivity index (χ2n) is 4.57.